The molecular weight excluding hydrogens is 340 g/mol. The number of hydrogen-bond donors (Lipinski definition) is 2. The lowest BCUT2D eigenvalue weighted by Gasteiger charge is -2.49. The molecule has 1 aliphatic carbocycles. The highest BCUT2D eigenvalue weighted by molar-refractivity contribution is 5.79. The molecule has 0 unspecified atom stereocenters. The maximum absolute atomic E-state index is 13.1. The third kappa shape index (κ3) is 3.78. The van der Waals surface area contributed by atoms with Gasteiger partial charge < -0.3 is 15.1 Å². The Labute approximate surface area is 162 Å². The van der Waals surface area contributed by atoms with E-state index in [9.17, 15) is 15.0 Å². The average Bonchev–Trinajstić information content (AvgIpc) is 3.23. The summed E-state index contributed by atoms with van der Waals surface area (Å²) in [7, 11) is 0. The number of carbonyl (C=O) groups excluding carboxylic acids is 1. The molecule has 3 fully saturated rings. The van der Waals surface area contributed by atoms with E-state index < -0.39 is 5.60 Å². The fourth-order valence-electron chi connectivity index (χ4n) is 5.24. The van der Waals surface area contributed by atoms with Gasteiger partial charge >= 0.3 is 0 Å². The van der Waals surface area contributed by atoms with Crippen LogP contribution in [0.4, 0.5) is 0 Å². The molecule has 5 nitrogen and oxygen atoms in total. The number of carbonyl (C=O) groups is 1. The molecule has 2 N–H and O–H groups in total. The zero-order valence-electron chi connectivity index (χ0n) is 16.1. The summed E-state index contributed by atoms with van der Waals surface area (Å²) < 4.78 is 0. The van der Waals surface area contributed by atoms with Gasteiger partial charge in [-0.05, 0) is 63.6 Å². The van der Waals surface area contributed by atoms with Crippen molar-refractivity contribution in [3.05, 3.63) is 35.9 Å². The Hall–Kier alpha value is -1.43. The molecule has 5 heteroatoms. The predicted octanol–water partition coefficient (Wildman–Crippen LogP) is 2.12. The third-order valence-corrected chi connectivity index (χ3v) is 6.92. The zero-order valence-corrected chi connectivity index (χ0v) is 16.1. The number of rotatable bonds is 3. The number of piperidine rings is 1. The van der Waals surface area contributed by atoms with Crippen molar-refractivity contribution in [1.82, 2.24) is 9.80 Å². The molecule has 1 saturated carbocycles. The second-order valence-corrected chi connectivity index (χ2v) is 8.59. The van der Waals surface area contributed by atoms with Crippen LogP contribution < -0.4 is 0 Å². The van der Waals surface area contributed by atoms with Crippen LogP contribution in [0.1, 0.15) is 50.5 Å². The van der Waals surface area contributed by atoms with Gasteiger partial charge in [-0.1, -0.05) is 30.3 Å². The Morgan fingerprint density at radius 3 is 2.33 bits per heavy atom. The van der Waals surface area contributed by atoms with Gasteiger partial charge in [0.15, 0.2) is 0 Å². The van der Waals surface area contributed by atoms with E-state index in [-0.39, 0.29) is 24.0 Å². The Morgan fingerprint density at radius 2 is 1.67 bits per heavy atom. The number of nitrogens with zero attached hydrogens (tertiary/aromatic N) is 2. The van der Waals surface area contributed by atoms with Crippen molar-refractivity contribution >= 4 is 5.91 Å². The SMILES string of the molecule is O=C(C1CCC(O)CC1)N1CC[C@](O)(c2ccccc2)[C@H](N2CCCC2)C1. The summed E-state index contributed by atoms with van der Waals surface area (Å²) in [6.07, 6.45) is 5.70. The van der Waals surface area contributed by atoms with E-state index in [1.54, 1.807) is 0 Å². The van der Waals surface area contributed by atoms with Crippen LogP contribution in [0, 0.1) is 5.92 Å². The molecule has 2 saturated heterocycles. The predicted molar refractivity (Wildman–Crippen MR) is 104 cm³/mol. The van der Waals surface area contributed by atoms with Gasteiger partial charge in [-0.3, -0.25) is 9.69 Å². The number of aliphatic hydroxyl groups excluding tert-OH is 1. The molecule has 0 spiro atoms. The number of benzene rings is 1. The van der Waals surface area contributed by atoms with Crippen LogP contribution in [0.15, 0.2) is 30.3 Å². The van der Waals surface area contributed by atoms with Crippen LogP contribution in [0.2, 0.25) is 0 Å². The molecule has 1 amide bonds. The second kappa shape index (κ2) is 7.90. The first-order valence-corrected chi connectivity index (χ1v) is 10.6. The van der Waals surface area contributed by atoms with Gasteiger partial charge in [-0.25, -0.2) is 0 Å². The van der Waals surface area contributed by atoms with Crippen LogP contribution in [-0.4, -0.2) is 64.2 Å². The smallest absolute Gasteiger partial charge is 0.225 e. The van der Waals surface area contributed by atoms with Crippen LogP contribution in [0.25, 0.3) is 0 Å². The molecular formula is C22H32N2O3. The molecule has 148 valence electrons. The van der Waals surface area contributed by atoms with E-state index in [4.69, 9.17) is 0 Å². The molecule has 0 radical (unpaired) electrons. The van der Waals surface area contributed by atoms with Gasteiger partial charge in [0.2, 0.25) is 5.91 Å². The van der Waals surface area contributed by atoms with Gasteiger partial charge in [0.25, 0.3) is 0 Å². The van der Waals surface area contributed by atoms with Gasteiger partial charge in [0.1, 0.15) is 5.60 Å². The summed E-state index contributed by atoms with van der Waals surface area (Å²) in [5, 5.41) is 21.4. The zero-order chi connectivity index (χ0) is 18.9. The quantitative estimate of drug-likeness (QED) is 0.853. The lowest BCUT2D eigenvalue weighted by molar-refractivity contribution is -0.148. The Morgan fingerprint density at radius 1 is 1.00 bits per heavy atom. The van der Waals surface area contributed by atoms with Crippen molar-refractivity contribution in [2.45, 2.75) is 62.7 Å². The normalized spacial score (nSPS) is 35.3. The standard InChI is InChI=1S/C22H32N2O3/c25-19-10-8-17(9-11-19)21(26)24-15-12-22(27,18-6-2-1-3-7-18)20(16-24)23-13-4-5-14-23/h1-3,6-7,17,19-20,25,27H,4-5,8-16H2/t17?,19?,20-,22+/m1/s1. The molecule has 0 aromatic heterocycles. The molecule has 4 rings (SSSR count). The van der Waals surface area contributed by atoms with Crippen molar-refractivity contribution in [2.24, 2.45) is 5.92 Å². The van der Waals surface area contributed by atoms with E-state index >= 15 is 0 Å². The first-order valence-electron chi connectivity index (χ1n) is 10.6. The van der Waals surface area contributed by atoms with E-state index in [2.05, 4.69) is 4.90 Å². The fraction of sp³-hybridized carbons (Fsp3) is 0.682. The summed E-state index contributed by atoms with van der Waals surface area (Å²) in [5.41, 5.74) is 0.0697. The van der Waals surface area contributed by atoms with Crippen molar-refractivity contribution in [1.29, 1.82) is 0 Å². The summed E-state index contributed by atoms with van der Waals surface area (Å²) >= 11 is 0. The molecule has 1 aromatic rings. The minimum absolute atomic E-state index is 0.0375. The number of aliphatic hydroxyl groups is 2. The Kier molecular flexibility index (Phi) is 5.53. The van der Waals surface area contributed by atoms with Crippen molar-refractivity contribution in [2.75, 3.05) is 26.2 Å². The minimum Gasteiger partial charge on any atom is -0.393 e. The summed E-state index contributed by atoms with van der Waals surface area (Å²) in [6.45, 7) is 3.20. The van der Waals surface area contributed by atoms with E-state index in [0.717, 1.165) is 57.2 Å². The molecule has 3 aliphatic rings. The van der Waals surface area contributed by atoms with Crippen LogP contribution >= 0.6 is 0 Å². The molecule has 2 aliphatic heterocycles. The van der Waals surface area contributed by atoms with Crippen molar-refractivity contribution in [3.8, 4) is 0 Å². The van der Waals surface area contributed by atoms with E-state index in [0.29, 0.717) is 19.5 Å². The largest absolute Gasteiger partial charge is 0.393 e. The summed E-state index contributed by atoms with van der Waals surface area (Å²) in [6, 6.07) is 9.94. The van der Waals surface area contributed by atoms with Gasteiger partial charge in [-0.2, -0.15) is 0 Å². The van der Waals surface area contributed by atoms with Gasteiger partial charge in [-0.15, -0.1) is 0 Å². The maximum Gasteiger partial charge on any atom is 0.225 e. The van der Waals surface area contributed by atoms with Crippen LogP contribution in [-0.2, 0) is 10.4 Å². The fourth-order valence-corrected chi connectivity index (χ4v) is 5.24. The number of likely N-dealkylation sites (tertiary alicyclic amines) is 2. The third-order valence-electron chi connectivity index (χ3n) is 6.92. The lowest BCUT2D eigenvalue weighted by atomic mass is 9.78. The molecule has 27 heavy (non-hydrogen) atoms. The second-order valence-electron chi connectivity index (χ2n) is 8.59. The highest BCUT2D eigenvalue weighted by atomic mass is 16.3. The highest BCUT2D eigenvalue weighted by Crippen LogP contribution is 2.38. The topological polar surface area (TPSA) is 64.0 Å². The van der Waals surface area contributed by atoms with Gasteiger partial charge in [0.05, 0.1) is 12.1 Å². The van der Waals surface area contributed by atoms with E-state index in [1.165, 1.54) is 0 Å². The molecule has 0 bridgehead atoms. The Bertz CT molecular complexity index is 638. The van der Waals surface area contributed by atoms with E-state index in [1.807, 2.05) is 35.2 Å². The lowest BCUT2D eigenvalue weighted by Crippen LogP contribution is -2.61. The van der Waals surface area contributed by atoms with Gasteiger partial charge in [0, 0.05) is 19.0 Å². The minimum atomic E-state index is -0.898. The molecule has 1 aromatic carbocycles. The first kappa shape index (κ1) is 18.9. The van der Waals surface area contributed by atoms with Crippen molar-refractivity contribution < 1.29 is 15.0 Å². The van der Waals surface area contributed by atoms with Crippen LogP contribution in [0.5, 0.6) is 0 Å². The average molecular weight is 373 g/mol. The summed E-state index contributed by atoms with van der Waals surface area (Å²) in [4.78, 5) is 17.5. The van der Waals surface area contributed by atoms with Crippen LogP contribution in [0.3, 0.4) is 0 Å². The molecule has 2 heterocycles. The highest BCUT2D eigenvalue weighted by Gasteiger charge is 2.47. The Balaban J connectivity index is 1.53. The monoisotopic (exact) mass is 372 g/mol. The maximum atomic E-state index is 13.1. The molecule has 2 atom stereocenters. The van der Waals surface area contributed by atoms with Crippen molar-refractivity contribution in [3.63, 3.8) is 0 Å². The number of hydrogen-bond acceptors (Lipinski definition) is 4. The number of amides is 1. The first-order chi connectivity index (χ1) is 13.1. The summed E-state index contributed by atoms with van der Waals surface area (Å²) in [5.74, 6) is 0.261.